The van der Waals surface area contributed by atoms with Crippen molar-refractivity contribution in [1.29, 1.82) is 0 Å². The van der Waals surface area contributed by atoms with Crippen LogP contribution in [0.4, 0.5) is 0 Å². The molecule has 7 heteroatoms. The van der Waals surface area contributed by atoms with Crippen LogP contribution in [0.15, 0.2) is 29.4 Å². The van der Waals surface area contributed by atoms with Crippen LogP contribution in [-0.2, 0) is 14.8 Å². The fourth-order valence-electron chi connectivity index (χ4n) is 4.63. The fraction of sp³-hybridized carbons (Fsp3) is 0.700. The molecule has 0 aromatic carbocycles. The van der Waals surface area contributed by atoms with E-state index in [1.165, 1.54) is 16.9 Å². The first-order valence-electron chi connectivity index (χ1n) is 10.1. The zero-order chi connectivity index (χ0) is 19.5. The number of unbranched alkanes of at least 4 members (excludes halogenated alkanes) is 1. The molecule has 1 aliphatic heterocycles. The number of pyridine rings is 1. The second-order valence-corrected chi connectivity index (χ2v) is 10.0. The van der Waals surface area contributed by atoms with Crippen LogP contribution in [0.5, 0.6) is 0 Å². The molecule has 1 amide bonds. The molecule has 2 aliphatic rings. The Kier molecular flexibility index (Phi) is 6.21. The second-order valence-electron chi connectivity index (χ2n) is 8.08. The van der Waals surface area contributed by atoms with E-state index in [0.717, 1.165) is 45.1 Å². The van der Waals surface area contributed by atoms with Gasteiger partial charge in [-0.3, -0.25) is 9.78 Å². The van der Waals surface area contributed by atoms with Crippen molar-refractivity contribution in [2.24, 2.45) is 11.3 Å². The van der Waals surface area contributed by atoms with Crippen LogP contribution in [0.1, 0.15) is 51.9 Å². The molecule has 0 N–H and O–H groups in total. The van der Waals surface area contributed by atoms with Gasteiger partial charge >= 0.3 is 0 Å². The van der Waals surface area contributed by atoms with Crippen molar-refractivity contribution in [3.05, 3.63) is 24.5 Å². The summed E-state index contributed by atoms with van der Waals surface area (Å²) < 4.78 is 27.8. The van der Waals surface area contributed by atoms with Crippen LogP contribution in [0, 0.1) is 11.3 Å². The number of nitrogens with zero attached hydrogens (tertiary/aromatic N) is 3. The highest BCUT2D eigenvalue weighted by atomic mass is 32.2. The van der Waals surface area contributed by atoms with E-state index in [0.29, 0.717) is 6.54 Å². The summed E-state index contributed by atoms with van der Waals surface area (Å²) in [4.78, 5) is 19.2. The van der Waals surface area contributed by atoms with Gasteiger partial charge in [0, 0.05) is 39.1 Å². The van der Waals surface area contributed by atoms with E-state index in [2.05, 4.69) is 11.9 Å². The molecule has 2 fully saturated rings. The largest absolute Gasteiger partial charge is 0.345 e. The lowest BCUT2D eigenvalue weighted by atomic mass is 9.67. The molecule has 150 valence electrons. The van der Waals surface area contributed by atoms with E-state index < -0.39 is 10.0 Å². The molecule has 0 bridgehead atoms. The number of amides is 1. The SMILES string of the molecule is CCCCN(C)C(=O)[C@@H]1CN(S(=O)(=O)c2cccnc2)CC12CCCCC2. The first-order valence-corrected chi connectivity index (χ1v) is 11.5. The van der Waals surface area contributed by atoms with Gasteiger partial charge in [-0.15, -0.1) is 0 Å². The molecule has 1 spiro atoms. The summed E-state index contributed by atoms with van der Waals surface area (Å²) in [5.74, 6) is -0.139. The summed E-state index contributed by atoms with van der Waals surface area (Å²) in [6, 6.07) is 3.22. The Morgan fingerprint density at radius 2 is 2.07 bits per heavy atom. The highest BCUT2D eigenvalue weighted by molar-refractivity contribution is 7.89. The maximum Gasteiger partial charge on any atom is 0.244 e. The monoisotopic (exact) mass is 393 g/mol. The minimum Gasteiger partial charge on any atom is -0.345 e. The van der Waals surface area contributed by atoms with Gasteiger partial charge in [0.15, 0.2) is 0 Å². The Morgan fingerprint density at radius 1 is 1.33 bits per heavy atom. The molecule has 1 atom stereocenters. The minimum absolute atomic E-state index is 0.106. The maximum atomic E-state index is 13.2. The molecule has 0 unspecified atom stereocenters. The molecule has 6 nitrogen and oxygen atoms in total. The van der Waals surface area contributed by atoms with Crippen molar-refractivity contribution in [3.8, 4) is 0 Å². The first-order chi connectivity index (χ1) is 12.9. The number of carbonyl (C=O) groups excluding carboxylic acids is 1. The van der Waals surface area contributed by atoms with Crippen LogP contribution in [-0.4, -0.2) is 55.2 Å². The van der Waals surface area contributed by atoms with Crippen LogP contribution in [0.2, 0.25) is 0 Å². The second kappa shape index (κ2) is 8.27. The molecule has 0 radical (unpaired) electrons. The van der Waals surface area contributed by atoms with Crippen molar-refractivity contribution in [2.45, 2.75) is 56.8 Å². The van der Waals surface area contributed by atoms with E-state index in [1.54, 1.807) is 18.3 Å². The topological polar surface area (TPSA) is 70.6 Å². The summed E-state index contributed by atoms with van der Waals surface area (Å²) in [5.41, 5.74) is -0.217. The summed E-state index contributed by atoms with van der Waals surface area (Å²) >= 11 is 0. The molecule has 1 aromatic heterocycles. The average Bonchev–Trinajstić information content (AvgIpc) is 3.06. The minimum atomic E-state index is -3.62. The van der Waals surface area contributed by atoms with E-state index in [4.69, 9.17) is 0 Å². The molecule has 3 rings (SSSR count). The molecular formula is C20H31N3O3S. The Bertz CT molecular complexity index is 745. The van der Waals surface area contributed by atoms with Gasteiger partial charge in [0.25, 0.3) is 0 Å². The number of hydrogen-bond donors (Lipinski definition) is 0. The molecule has 27 heavy (non-hydrogen) atoms. The third kappa shape index (κ3) is 4.04. The van der Waals surface area contributed by atoms with Gasteiger partial charge in [0.1, 0.15) is 4.90 Å². The Balaban J connectivity index is 1.87. The van der Waals surface area contributed by atoms with E-state index in [1.807, 2.05) is 11.9 Å². The smallest absolute Gasteiger partial charge is 0.244 e. The summed E-state index contributed by atoms with van der Waals surface area (Å²) in [6.07, 6.45) is 10.2. The van der Waals surface area contributed by atoms with E-state index in [-0.39, 0.29) is 28.7 Å². The third-order valence-corrected chi connectivity index (χ3v) is 8.05. The molecule has 1 saturated carbocycles. The fourth-order valence-corrected chi connectivity index (χ4v) is 6.14. The standard InChI is InChI=1S/C20H31N3O3S/c1-3-4-13-22(2)19(24)18-15-23(16-20(18)10-6-5-7-11-20)27(25,26)17-9-8-12-21-14-17/h8-9,12,14,18H,3-7,10-11,13,15-16H2,1-2H3/t18-/m0/s1. The molecule has 1 aromatic rings. The Hall–Kier alpha value is -1.47. The number of aromatic nitrogens is 1. The van der Waals surface area contributed by atoms with Gasteiger partial charge in [-0.2, -0.15) is 4.31 Å². The van der Waals surface area contributed by atoms with Gasteiger partial charge in [-0.25, -0.2) is 8.42 Å². The van der Waals surface area contributed by atoms with E-state index in [9.17, 15) is 13.2 Å². The predicted molar refractivity (Wildman–Crippen MR) is 105 cm³/mol. The van der Waals surface area contributed by atoms with Crippen LogP contribution < -0.4 is 0 Å². The number of rotatable bonds is 6. The molecule has 1 saturated heterocycles. The zero-order valence-corrected chi connectivity index (χ0v) is 17.2. The maximum absolute atomic E-state index is 13.2. The lowest BCUT2D eigenvalue weighted by molar-refractivity contribution is -0.137. The normalized spacial score (nSPS) is 22.8. The summed E-state index contributed by atoms with van der Waals surface area (Å²) in [7, 11) is -1.77. The Labute approximate surface area is 163 Å². The highest BCUT2D eigenvalue weighted by Crippen LogP contribution is 2.49. The van der Waals surface area contributed by atoms with Gasteiger partial charge in [0.2, 0.25) is 15.9 Å². The predicted octanol–water partition coefficient (Wildman–Crippen LogP) is 2.91. The molecular weight excluding hydrogens is 362 g/mol. The van der Waals surface area contributed by atoms with E-state index >= 15 is 0 Å². The Morgan fingerprint density at radius 3 is 2.70 bits per heavy atom. The summed E-state index contributed by atoms with van der Waals surface area (Å²) in [5, 5.41) is 0. The van der Waals surface area contributed by atoms with Crippen molar-refractivity contribution < 1.29 is 13.2 Å². The van der Waals surface area contributed by atoms with Crippen LogP contribution in [0.25, 0.3) is 0 Å². The van der Waals surface area contributed by atoms with Crippen LogP contribution in [0.3, 0.4) is 0 Å². The van der Waals surface area contributed by atoms with Crippen molar-refractivity contribution in [1.82, 2.24) is 14.2 Å². The summed E-state index contributed by atoms with van der Waals surface area (Å²) in [6.45, 7) is 3.57. The molecule has 2 heterocycles. The van der Waals surface area contributed by atoms with Crippen molar-refractivity contribution >= 4 is 15.9 Å². The van der Waals surface area contributed by atoms with Gasteiger partial charge in [0.05, 0.1) is 5.92 Å². The number of carbonyl (C=O) groups is 1. The lowest BCUT2D eigenvalue weighted by Gasteiger charge is -2.38. The molecule has 1 aliphatic carbocycles. The quantitative estimate of drug-likeness (QED) is 0.745. The number of sulfonamides is 1. The third-order valence-electron chi connectivity index (χ3n) is 6.26. The van der Waals surface area contributed by atoms with Gasteiger partial charge < -0.3 is 4.90 Å². The van der Waals surface area contributed by atoms with Gasteiger partial charge in [-0.1, -0.05) is 32.6 Å². The lowest BCUT2D eigenvalue weighted by Crippen LogP contribution is -2.43. The van der Waals surface area contributed by atoms with Gasteiger partial charge in [-0.05, 0) is 36.8 Å². The highest BCUT2D eigenvalue weighted by Gasteiger charge is 2.53. The average molecular weight is 394 g/mol. The first kappa shape index (κ1) is 20.3. The number of hydrogen-bond acceptors (Lipinski definition) is 4. The van der Waals surface area contributed by atoms with Crippen LogP contribution >= 0.6 is 0 Å². The zero-order valence-electron chi connectivity index (χ0n) is 16.4. The van der Waals surface area contributed by atoms with Crippen molar-refractivity contribution in [2.75, 3.05) is 26.7 Å². The van der Waals surface area contributed by atoms with Crippen molar-refractivity contribution in [3.63, 3.8) is 0 Å².